The lowest BCUT2D eigenvalue weighted by molar-refractivity contribution is 0.176. The van der Waals surface area contributed by atoms with Crippen molar-refractivity contribution in [3.05, 3.63) is 29.8 Å². The van der Waals surface area contributed by atoms with Crippen LogP contribution in [0.5, 0.6) is 5.75 Å². The second-order valence-corrected chi connectivity index (χ2v) is 5.85. The third-order valence-electron chi connectivity index (χ3n) is 4.51. The van der Waals surface area contributed by atoms with E-state index in [1.54, 1.807) is 7.11 Å². The fourth-order valence-corrected chi connectivity index (χ4v) is 3.18. The van der Waals surface area contributed by atoms with Gasteiger partial charge in [-0.15, -0.1) is 0 Å². The van der Waals surface area contributed by atoms with E-state index in [1.165, 1.54) is 37.7 Å². The standard InChI is InChI=1S/C17H28N2O/c1-18-17(14-8-7-11-16(12-14)20-3)13-19(2)15-9-5-4-6-10-15/h7-8,11-12,15,17-18H,4-6,9-10,13H2,1-3H3. The number of benzene rings is 1. The molecule has 1 fully saturated rings. The topological polar surface area (TPSA) is 24.5 Å². The molecule has 0 amide bonds. The molecule has 0 radical (unpaired) electrons. The molecule has 1 N–H and O–H groups in total. The molecule has 1 aromatic rings. The number of ether oxygens (including phenoxy) is 1. The van der Waals surface area contributed by atoms with Gasteiger partial charge in [-0.25, -0.2) is 0 Å². The molecule has 3 heteroatoms. The van der Waals surface area contributed by atoms with Gasteiger partial charge < -0.3 is 15.0 Å². The SMILES string of the molecule is CNC(CN(C)C1CCCCC1)c1cccc(OC)c1. The summed E-state index contributed by atoms with van der Waals surface area (Å²) in [6.45, 7) is 1.05. The lowest BCUT2D eigenvalue weighted by atomic mass is 9.94. The maximum Gasteiger partial charge on any atom is 0.119 e. The molecule has 1 unspecified atom stereocenters. The van der Waals surface area contributed by atoms with Gasteiger partial charge in [0.05, 0.1) is 7.11 Å². The smallest absolute Gasteiger partial charge is 0.119 e. The zero-order valence-corrected chi connectivity index (χ0v) is 13.1. The highest BCUT2D eigenvalue weighted by molar-refractivity contribution is 5.30. The van der Waals surface area contributed by atoms with Crippen molar-refractivity contribution in [3.63, 3.8) is 0 Å². The van der Waals surface area contributed by atoms with Gasteiger partial charge in [0.2, 0.25) is 0 Å². The Morgan fingerprint density at radius 2 is 2.05 bits per heavy atom. The molecular formula is C17H28N2O. The molecule has 2 rings (SSSR count). The molecule has 1 atom stereocenters. The Balaban J connectivity index is 1.99. The highest BCUT2D eigenvalue weighted by atomic mass is 16.5. The summed E-state index contributed by atoms with van der Waals surface area (Å²) >= 11 is 0. The number of methoxy groups -OCH3 is 1. The monoisotopic (exact) mass is 276 g/mol. The Labute approximate surface area is 123 Å². The Morgan fingerprint density at radius 3 is 2.70 bits per heavy atom. The zero-order chi connectivity index (χ0) is 14.4. The molecule has 20 heavy (non-hydrogen) atoms. The van der Waals surface area contributed by atoms with Gasteiger partial charge in [-0.2, -0.15) is 0 Å². The van der Waals surface area contributed by atoms with E-state index < -0.39 is 0 Å². The van der Waals surface area contributed by atoms with Crippen molar-refractivity contribution in [1.82, 2.24) is 10.2 Å². The second kappa shape index (κ2) is 7.65. The summed E-state index contributed by atoms with van der Waals surface area (Å²) < 4.78 is 5.33. The molecule has 3 nitrogen and oxygen atoms in total. The fourth-order valence-electron chi connectivity index (χ4n) is 3.18. The van der Waals surface area contributed by atoms with Crippen LogP contribution in [0, 0.1) is 0 Å². The molecule has 0 bridgehead atoms. The average Bonchev–Trinajstić information content (AvgIpc) is 2.53. The molecule has 0 spiro atoms. The number of likely N-dealkylation sites (N-methyl/N-ethyl adjacent to an activating group) is 2. The summed E-state index contributed by atoms with van der Waals surface area (Å²) in [6, 6.07) is 9.50. The van der Waals surface area contributed by atoms with Crippen LogP contribution in [-0.2, 0) is 0 Å². The highest BCUT2D eigenvalue weighted by Gasteiger charge is 2.21. The Kier molecular flexibility index (Phi) is 5.86. The van der Waals surface area contributed by atoms with Crippen LogP contribution in [-0.4, -0.2) is 38.7 Å². The number of hydrogen-bond donors (Lipinski definition) is 1. The Morgan fingerprint density at radius 1 is 1.30 bits per heavy atom. The number of rotatable bonds is 6. The van der Waals surface area contributed by atoms with Crippen LogP contribution < -0.4 is 10.1 Å². The predicted molar refractivity (Wildman–Crippen MR) is 84.3 cm³/mol. The minimum absolute atomic E-state index is 0.358. The molecule has 1 aromatic carbocycles. The first-order valence-electron chi connectivity index (χ1n) is 7.76. The molecule has 112 valence electrons. The van der Waals surface area contributed by atoms with E-state index in [1.807, 2.05) is 13.1 Å². The van der Waals surface area contributed by atoms with Crippen LogP contribution in [0.15, 0.2) is 24.3 Å². The van der Waals surface area contributed by atoms with Crippen LogP contribution in [0.2, 0.25) is 0 Å². The lowest BCUT2D eigenvalue weighted by Gasteiger charge is -2.34. The van der Waals surface area contributed by atoms with E-state index in [9.17, 15) is 0 Å². The summed E-state index contributed by atoms with van der Waals surface area (Å²) in [4.78, 5) is 2.53. The average molecular weight is 276 g/mol. The van der Waals surface area contributed by atoms with Gasteiger partial charge in [-0.05, 0) is 44.6 Å². The maximum atomic E-state index is 5.33. The lowest BCUT2D eigenvalue weighted by Crippen LogP contribution is -2.39. The first-order valence-corrected chi connectivity index (χ1v) is 7.76. The molecule has 0 saturated heterocycles. The zero-order valence-electron chi connectivity index (χ0n) is 13.1. The molecule has 1 aliphatic carbocycles. The maximum absolute atomic E-state index is 5.33. The number of hydrogen-bond acceptors (Lipinski definition) is 3. The highest BCUT2D eigenvalue weighted by Crippen LogP contribution is 2.25. The molecular weight excluding hydrogens is 248 g/mol. The first kappa shape index (κ1) is 15.3. The van der Waals surface area contributed by atoms with Crippen molar-refractivity contribution in [3.8, 4) is 5.75 Å². The van der Waals surface area contributed by atoms with Gasteiger partial charge in [0.15, 0.2) is 0 Å². The van der Waals surface area contributed by atoms with Crippen molar-refractivity contribution in [2.75, 3.05) is 27.7 Å². The number of nitrogens with one attached hydrogen (secondary N) is 1. The summed E-state index contributed by atoms with van der Waals surface area (Å²) in [6.07, 6.45) is 6.89. The summed E-state index contributed by atoms with van der Waals surface area (Å²) in [5, 5.41) is 3.44. The van der Waals surface area contributed by atoms with Crippen molar-refractivity contribution in [2.45, 2.75) is 44.2 Å². The molecule has 0 heterocycles. The third-order valence-corrected chi connectivity index (χ3v) is 4.51. The van der Waals surface area contributed by atoms with E-state index in [2.05, 4.69) is 35.5 Å². The largest absolute Gasteiger partial charge is 0.497 e. The first-order chi connectivity index (χ1) is 9.74. The van der Waals surface area contributed by atoms with Gasteiger partial charge >= 0.3 is 0 Å². The Bertz CT molecular complexity index is 402. The van der Waals surface area contributed by atoms with Gasteiger partial charge in [0.25, 0.3) is 0 Å². The van der Waals surface area contributed by atoms with Gasteiger partial charge in [-0.1, -0.05) is 31.4 Å². The van der Waals surface area contributed by atoms with Crippen molar-refractivity contribution in [2.24, 2.45) is 0 Å². The molecule has 0 aromatic heterocycles. The van der Waals surface area contributed by atoms with Crippen molar-refractivity contribution in [1.29, 1.82) is 0 Å². The van der Waals surface area contributed by atoms with Crippen molar-refractivity contribution >= 4 is 0 Å². The van der Waals surface area contributed by atoms with Crippen LogP contribution >= 0.6 is 0 Å². The van der Waals surface area contributed by atoms with Crippen molar-refractivity contribution < 1.29 is 4.74 Å². The van der Waals surface area contributed by atoms with Gasteiger partial charge in [-0.3, -0.25) is 0 Å². The van der Waals surface area contributed by atoms with E-state index in [-0.39, 0.29) is 0 Å². The predicted octanol–water partition coefficient (Wildman–Crippen LogP) is 3.22. The minimum atomic E-state index is 0.358. The van der Waals surface area contributed by atoms with Crippen LogP contribution in [0.25, 0.3) is 0 Å². The van der Waals surface area contributed by atoms with Crippen LogP contribution in [0.3, 0.4) is 0 Å². The number of nitrogens with zero attached hydrogens (tertiary/aromatic N) is 1. The van der Waals surface area contributed by atoms with Gasteiger partial charge in [0.1, 0.15) is 5.75 Å². The van der Waals surface area contributed by atoms with E-state index >= 15 is 0 Å². The summed E-state index contributed by atoms with van der Waals surface area (Å²) in [7, 11) is 6.03. The van der Waals surface area contributed by atoms with E-state index in [0.717, 1.165) is 18.3 Å². The molecule has 1 saturated carbocycles. The minimum Gasteiger partial charge on any atom is -0.497 e. The van der Waals surface area contributed by atoms with E-state index in [0.29, 0.717) is 6.04 Å². The molecule has 1 aliphatic rings. The summed E-state index contributed by atoms with van der Waals surface area (Å²) in [5.41, 5.74) is 1.30. The summed E-state index contributed by atoms with van der Waals surface area (Å²) in [5.74, 6) is 0.933. The van der Waals surface area contributed by atoms with Crippen LogP contribution in [0.1, 0.15) is 43.7 Å². The molecule has 0 aliphatic heterocycles. The third kappa shape index (κ3) is 3.97. The van der Waals surface area contributed by atoms with Gasteiger partial charge in [0, 0.05) is 18.6 Å². The normalized spacial score (nSPS) is 18.2. The van der Waals surface area contributed by atoms with Crippen LogP contribution in [0.4, 0.5) is 0 Å². The van der Waals surface area contributed by atoms with E-state index in [4.69, 9.17) is 4.74 Å². The fraction of sp³-hybridized carbons (Fsp3) is 0.647. The second-order valence-electron chi connectivity index (χ2n) is 5.85. The quantitative estimate of drug-likeness (QED) is 0.863. The Hall–Kier alpha value is -1.06.